The van der Waals surface area contributed by atoms with Crippen molar-refractivity contribution >= 4 is 65.6 Å². The number of nitrogens with zero attached hydrogens (tertiary/aromatic N) is 2. The molecule has 9 aromatic carbocycles. The molecular weight excluding hydrogens is 693 g/mol. The molecule has 0 aliphatic carbocycles. The molecule has 0 saturated carbocycles. The minimum absolute atomic E-state index is 0.00125. The average Bonchev–Trinajstić information content (AvgIpc) is 3.87. The van der Waals surface area contributed by atoms with Gasteiger partial charge in [-0.1, -0.05) is 133 Å². The van der Waals surface area contributed by atoms with E-state index in [4.69, 9.17) is 22.2 Å². The summed E-state index contributed by atoms with van der Waals surface area (Å²) in [6.07, 6.45) is 0. The van der Waals surface area contributed by atoms with Crippen LogP contribution in [0.15, 0.2) is 210 Å². The van der Waals surface area contributed by atoms with Gasteiger partial charge in [-0.15, -0.1) is 0 Å². The number of benzene rings is 9. The summed E-state index contributed by atoms with van der Waals surface area (Å²) in [6, 6.07) is 8.94. The largest absolute Gasteiger partial charge is 0.456 e. The van der Waals surface area contributed by atoms with Gasteiger partial charge in [0.2, 0.25) is 0 Å². The van der Waals surface area contributed by atoms with E-state index in [2.05, 4.69) is 0 Å². The van der Waals surface area contributed by atoms with Crippen LogP contribution in [0.3, 0.4) is 0 Å². The molecule has 0 saturated heterocycles. The lowest BCUT2D eigenvalue weighted by Crippen LogP contribution is -1.94. The molecule has 12 rings (SSSR count). The quantitative estimate of drug-likeness (QED) is 0.172. The highest BCUT2D eigenvalue weighted by molar-refractivity contribution is 6.18. The van der Waals surface area contributed by atoms with Gasteiger partial charge in [0.05, 0.1) is 50.9 Å². The zero-order chi connectivity index (χ0) is 55.7. The number of aromatic nitrogens is 2. The summed E-state index contributed by atoms with van der Waals surface area (Å²) in [5.41, 5.74) is -1.04. The molecule has 0 unspecified atom stereocenters. The Morgan fingerprint density at radius 1 is 0.368 bits per heavy atom. The Kier molecular flexibility index (Phi) is 3.81. The number of hydrogen-bond donors (Lipinski definition) is 0. The molecule has 12 aromatic rings. The van der Waals surface area contributed by atoms with E-state index in [0.29, 0.717) is 5.69 Å². The van der Waals surface area contributed by atoms with Gasteiger partial charge in [0.25, 0.3) is 0 Å². The lowest BCUT2D eigenvalue weighted by Gasteiger charge is -2.10. The number of rotatable bonds is 5. The monoisotopic (exact) mass is 747 g/mol. The van der Waals surface area contributed by atoms with Crippen molar-refractivity contribution < 1.29 is 33.2 Å². The zero-order valence-corrected chi connectivity index (χ0v) is 29.3. The van der Waals surface area contributed by atoms with Gasteiger partial charge in [-0.3, -0.25) is 0 Å². The molecule has 3 heterocycles. The van der Waals surface area contributed by atoms with Gasteiger partial charge in [-0.2, -0.15) is 0 Å². The highest BCUT2D eigenvalue weighted by atomic mass is 16.3. The number of furan rings is 1. The van der Waals surface area contributed by atoms with Crippen molar-refractivity contribution in [2.24, 2.45) is 0 Å². The van der Waals surface area contributed by atoms with Crippen LogP contribution in [0.1, 0.15) is 28.8 Å². The van der Waals surface area contributed by atoms with Crippen molar-refractivity contribution in [1.82, 2.24) is 9.13 Å². The predicted octanol–water partition coefficient (Wildman–Crippen LogP) is 14.8. The standard InChI is InChI=1S/C54H34N2O/c1-3-14-35(15-4-1)36-16-11-17-37(32-36)42-23-13-27-52-54(42)46-34-40(29-31-51(46)57-52)56-47-24-9-7-20-43(47)45-33-38(28-30-49(45)56)41-22-12-26-50-53(41)44-21-8-10-25-48(44)55(50)39-18-5-2-6-19-39/h1-34H/i3D,4D,7D,8D,9D,10D,12D,13D,14D,16D,17D,20D,21D,23D,25D,26D,27D,28D,30D,31D,32D. The Bertz CT molecular complexity index is 4750. The van der Waals surface area contributed by atoms with Crippen LogP contribution < -0.4 is 0 Å². The van der Waals surface area contributed by atoms with Gasteiger partial charge in [-0.05, 0) is 106 Å². The van der Waals surface area contributed by atoms with Crippen LogP contribution in [-0.2, 0) is 0 Å². The first-order valence-electron chi connectivity index (χ1n) is 28.3. The van der Waals surface area contributed by atoms with Crippen molar-refractivity contribution in [1.29, 1.82) is 0 Å². The summed E-state index contributed by atoms with van der Waals surface area (Å²) in [6.45, 7) is 0. The fourth-order valence-electron chi connectivity index (χ4n) is 7.73. The van der Waals surface area contributed by atoms with E-state index in [1.165, 1.54) is 45.5 Å². The van der Waals surface area contributed by atoms with Gasteiger partial charge in [0.15, 0.2) is 0 Å². The second-order valence-electron chi connectivity index (χ2n) is 13.3. The Morgan fingerprint density at radius 3 is 2.18 bits per heavy atom. The van der Waals surface area contributed by atoms with Crippen molar-refractivity contribution in [3.8, 4) is 44.8 Å². The molecule has 266 valence electrons. The van der Waals surface area contributed by atoms with Crippen LogP contribution in [0.4, 0.5) is 0 Å². The van der Waals surface area contributed by atoms with Gasteiger partial charge in [0, 0.05) is 43.7 Å². The summed E-state index contributed by atoms with van der Waals surface area (Å²) < 4.78 is 199. The minimum Gasteiger partial charge on any atom is -0.456 e. The topological polar surface area (TPSA) is 23.0 Å². The fourth-order valence-corrected chi connectivity index (χ4v) is 7.73. The van der Waals surface area contributed by atoms with E-state index in [0.717, 1.165) is 12.1 Å². The van der Waals surface area contributed by atoms with E-state index < -0.39 is 96.7 Å². The Morgan fingerprint density at radius 2 is 1.21 bits per heavy atom. The van der Waals surface area contributed by atoms with Crippen LogP contribution in [0, 0.1) is 0 Å². The summed E-state index contributed by atoms with van der Waals surface area (Å²) in [4.78, 5) is 0. The maximum atomic E-state index is 9.86. The van der Waals surface area contributed by atoms with Gasteiger partial charge in [0.1, 0.15) is 11.2 Å². The second kappa shape index (κ2) is 12.5. The summed E-state index contributed by atoms with van der Waals surface area (Å²) in [5, 5.41) is 0.0403. The predicted molar refractivity (Wildman–Crippen MR) is 239 cm³/mol. The van der Waals surface area contributed by atoms with Crippen LogP contribution in [0.2, 0.25) is 0 Å². The zero-order valence-electron chi connectivity index (χ0n) is 50.3. The van der Waals surface area contributed by atoms with Crippen molar-refractivity contribution in [2.75, 3.05) is 0 Å². The Hall–Kier alpha value is -7.62. The second-order valence-corrected chi connectivity index (χ2v) is 13.3. The van der Waals surface area contributed by atoms with E-state index in [1.807, 2.05) is 0 Å². The van der Waals surface area contributed by atoms with Gasteiger partial charge < -0.3 is 13.6 Å². The van der Waals surface area contributed by atoms with Crippen molar-refractivity contribution in [2.45, 2.75) is 0 Å². The third-order valence-electron chi connectivity index (χ3n) is 10.2. The highest BCUT2D eigenvalue weighted by Gasteiger charge is 2.20. The van der Waals surface area contributed by atoms with Gasteiger partial charge in [-0.25, -0.2) is 0 Å². The number of hydrogen-bond acceptors (Lipinski definition) is 1. The van der Waals surface area contributed by atoms with Crippen molar-refractivity contribution in [3.05, 3.63) is 206 Å². The normalized spacial score (nSPS) is 17.0. The van der Waals surface area contributed by atoms with E-state index >= 15 is 0 Å². The summed E-state index contributed by atoms with van der Waals surface area (Å²) >= 11 is 0. The summed E-state index contributed by atoms with van der Waals surface area (Å²) in [5.74, 6) is 0. The first-order chi connectivity index (χ1) is 37.0. The molecule has 0 bridgehead atoms. The average molecular weight is 748 g/mol. The first kappa shape index (κ1) is 17.5. The Balaban J connectivity index is 1.20. The maximum absolute atomic E-state index is 9.86. The molecule has 0 amide bonds. The van der Waals surface area contributed by atoms with E-state index in [1.54, 1.807) is 30.3 Å². The lowest BCUT2D eigenvalue weighted by molar-refractivity contribution is 0.669. The lowest BCUT2D eigenvalue weighted by atomic mass is 9.96. The minimum atomic E-state index is -0.671. The third kappa shape index (κ3) is 4.86. The molecule has 3 heteroatoms. The van der Waals surface area contributed by atoms with Gasteiger partial charge >= 0.3 is 0 Å². The maximum Gasteiger partial charge on any atom is 0.136 e. The molecule has 0 radical (unpaired) electrons. The summed E-state index contributed by atoms with van der Waals surface area (Å²) in [7, 11) is 0. The smallest absolute Gasteiger partial charge is 0.136 e. The molecule has 0 aliphatic heterocycles. The fraction of sp³-hybridized carbons (Fsp3) is 0. The molecular formula is C54H34N2O. The molecule has 0 atom stereocenters. The number of fused-ring (bicyclic) bond motifs is 9. The van der Waals surface area contributed by atoms with E-state index in [9.17, 15) is 11.0 Å². The SMILES string of the molecule is [2H]c1cc([2H])c([2H])c(-c2c([2H])cc([2H])c(-c3c([2H])c([2H])c([2H])c4oc5c([2H])cc(-n6c7cc([2H])c([2H])c([2H])c7c7cc(-c8cc([2H])c([2H])c9c8c8c([2H])c([2H])c([2H])c([2H])c8n9-c8ccccc8)c([2H])c([2H])c76)cc5c34)c2[2H])c1. The first-order valence-corrected chi connectivity index (χ1v) is 17.8. The highest BCUT2D eigenvalue weighted by Crippen LogP contribution is 2.43. The van der Waals surface area contributed by atoms with Crippen LogP contribution in [-0.4, -0.2) is 9.13 Å². The van der Waals surface area contributed by atoms with Crippen LogP contribution >= 0.6 is 0 Å². The molecule has 0 N–H and O–H groups in total. The molecule has 0 aliphatic rings. The van der Waals surface area contributed by atoms with Crippen LogP contribution in [0.5, 0.6) is 0 Å². The van der Waals surface area contributed by atoms with E-state index in [-0.39, 0.29) is 135 Å². The van der Waals surface area contributed by atoms with Crippen molar-refractivity contribution in [3.63, 3.8) is 0 Å². The van der Waals surface area contributed by atoms with Crippen LogP contribution in [0.25, 0.3) is 110 Å². The molecule has 3 nitrogen and oxygen atoms in total. The third-order valence-corrected chi connectivity index (χ3v) is 10.2. The molecule has 0 fully saturated rings. The molecule has 3 aromatic heterocycles. The molecule has 57 heavy (non-hydrogen) atoms. The Labute approximate surface area is 358 Å². The molecule has 0 spiro atoms. The number of para-hydroxylation sites is 3.